The maximum absolute atomic E-state index is 9.72. The third-order valence-corrected chi connectivity index (χ3v) is 3.40. The lowest BCUT2D eigenvalue weighted by Gasteiger charge is -2.12. The summed E-state index contributed by atoms with van der Waals surface area (Å²) in [7, 11) is 0. The van der Waals surface area contributed by atoms with Gasteiger partial charge in [-0.2, -0.15) is 0 Å². The molecule has 1 aliphatic carbocycles. The zero-order valence-corrected chi connectivity index (χ0v) is 10.5. The van der Waals surface area contributed by atoms with E-state index in [1.165, 1.54) is 12.8 Å². The van der Waals surface area contributed by atoms with Gasteiger partial charge in [0.15, 0.2) is 0 Å². The minimum Gasteiger partial charge on any atom is -0.507 e. The van der Waals surface area contributed by atoms with Crippen LogP contribution in [0.5, 0.6) is 5.75 Å². The molecule has 1 atom stereocenters. The van der Waals surface area contributed by atoms with Gasteiger partial charge < -0.3 is 15.5 Å². The third-order valence-electron chi connectivity index (χ3n) is 3.40. The number of aryl methyl sites for hydroxylation is 2. The summed E-state index contributed by atoms with van der Waals surface area (Å²) in [6.07, 6.45) is 2.13. The fourth-order valence-corrected chi connectivity index (χ4v) is 2.16. The number of aliphatic hydroxyl groups is 1. The molecule has 0 heterocycles. The smallest absolute Gasteiger partial charge is 0.121 e. The number of phenolic OH excluding ortho intramolecular Hbond substituents is 1. The first-order chi connectivity index (χ1) is 8.08. The topological polar surface area (TPSA) is 52.5 Å². The minimum absolute atomic E-state index is 0.200. The summed E-state index contributed by atoms with van der Waals surface area (Å²) < 4.78 is 0. The molecule has 3 heteroatoms. The molecule has 0 saturated heterocycles. The van der Waals surface area contributed by atoms with Gasteiger partial charge in [0.1, 0.15) is 5.75 Å². The van der Waals surface area contributed by atoms with E-state index < -0.39 is 0 Å². The first kappa shape index (κ1) is 12.4. The van der Waals surface area contributed by atoms with Crippen LogP contribution in [0.3, 0.4) is 0 Å². The average molecular weight is 235 g/mol. The molecule has 3 N–H and O–H groups in total. The molecule has 1 unspecified atom stereocenters. The molecular formula is C14H21NO2. The van der Waals surface area contributed by atoms with Gasteiger partial charge in [-0.3, -0.25) is 0 Å². The monoisotopic (exact) mass is 235 g/mol. The zero-order chi connectivity index (χ0) is 12.4. The summed E-state index contributed by atoms with van der Waals surface area (Å²) >= 11 is 0. The maximum atomic E-state index is 9.72. The summed E-state index contributed by atoms with van der Waals surface area (Å²) in [5.74, 6) is 0.901. The molecule has 1 saturated carbocycles. The molecule has 0 aromatic heterocycles. The Morgan fingerprint density at radius 3 is 2.41 bits per heavy atom. The number of hydrogen-bond donors (Lipinski definition) is 3. The fraction of sp³-hybridized carbons (Fsp3) is 0.571. The van der Waals surface area contributed by atoms with Crippen molar-refractivity contribution in [3.8, 4) is 5.75 Å². The highest BCUT2D eigenvalue weighted by molar-refractivity contribution is 5.42. The SMILES string of the molecule is Cc1cc(CNCC(O)C2CC2)cc(C)c1O. The molecule has 94 valence electrons. The molecule has 0 amide bonds. The predicted octanol–water partition coefficient (Wildman–Crippen LogP) is 1.87. The Morgan fingerprint density at radius 1 is 1.29 bits per heavy atom. The summed E-state index contributed by atoms with van der Waals surface area (Å²) in [5, 5.41) is 22.6. The van der Waals surface area contributed by atoms with Crippen molar-refractivity contribution >= 4 is 0 Å². The Kier molecular flexibility index (Phi) is 3.69. The van der Waals surface area contributed by atoms with Crippen LogP contribution in [0.4, 0.5) is 0 Å². The van der Waals surface area contributed by atoms with Crippen LogP contribution in [0, 0.1) is 19.8 Å². The Morgan fingerprint density at radius 2 is 1.88 bits per heavy atom. The molecule has 0 spiro atoms. The average Bonchev–Trinajstić information content (AvgIpc) is 3.09. The lowest BCUT2D eigenvalue weighted by molar-refractivity contribution is 0.148. The van der Waals surface area contributed by atoms with Crippen molar-refractivity contribution in [1.29, 1.82) is 0 Å². The molecular weight excluding hydrogens is 214 g/mol. The van der Waals surface area contributed by atoms with E-state index in [1.54, 1.807) is 0 Å². The normalized spacial score (nSPS) is 17.1. The predicted molar refractivity (Wildman–Crippen MR) is 68.0 cm³/mol. The Labute approximate surface area is 102 Å². The summed E-state index contributed by atoms with van der Waals surface area (Å²) in [6.45, 7) is 5.21. The second-order valence-electron chi connectivity index (χ2n) is 5.11. The van der Waals surface area contributed by atoms with Gasteiger partial charge in [-0.1, -0.05) is 12.1 Å². The largest absolute Gasteiger partial charge is 0.507 e. The fourth-order valence-electron chi connectivity index (χ4n) is 2.16. The van der Waals surface area contributed by atoms with Crippen LogP contribution in [0.2, 0.25) is 0 Å². The lowest BCUT2D eigenvalue weighted by atomic mass is 10.1. The number of benzene rings is 1. The maximum Gasteiger partial charge on any atom is 0.121 e. The van der Waals surface area contributed by atoms with E-state index >= 15 is 0 Å². The molecule has 1 aromatic rings. The van der Waals surface area contributed by atoms with E-state index in [0.717, 1.165) is 23.2 Å². The quantitative estimate of drug-likeness (QED) is 0.730. The first-order valence-electron chi connectivity index (χ1n) is 6.26. The van der Waals surface area contributed by atoms with Gasteiger partial charge in [0.2, 0.25) is 0 Å². The number of rotatable bonds is 5. The zero-order valence-electron chi connectivity index (χ0n) is 10.5. The van der Waals surface area contributed by atoms with E-state index in [1.807, 2.05) is 26.0 Å². The van der Waals surface area contributed by atoms with Crippen molar-refractivity contribution in [3.05, 3.63) is 28.8 Å². The number of hydrogen-bond acceptors (Lipinski definition) is 3. The molecule has 0 aliphatic heterocycles. The highest BCUT2D eigenvalue weighted by atomic mass is 16.3. The Hall–Kier alpha value is -1.06. The molecule has 17 heavy (non-hydrogen) atoms. The van der Waals surface area contributed by atoms with Crippen LogP contribution in [-0.2, 0) is 6.54 Å². The number of phenols is 1. The van der Waals surface area contributed by atoms with Gasteiger partial charge in [-0.15, -0.1) is 0 Å². The van der Waals surface area contributed by atoms with Crippen molar-refractivity contribution in [2.75, 3.05) is 6.54 Å². The van der Waals surface area contributed by atoms with Gasteiger partial charge in [0, 0.05) is 13.1 Å². The van der Waals surface area contributed by atoms with Crippen LogP contribution < -0.4 is 5.32 Å². The van der Waals surface area contributed by atoms with Gasteiger partial charge in [0.25, 0.3) is 0 Å². The molecule has 2 rings (SSSR count). The highest BCUT2D eigenvalue weighted by Crippen LogP contribution is 2.32. The van der Waals surface area contributed by atoms with Crippen molar-refractivity contribution in [2.45, 2.75) is 39.3 Å². The van der Waals surface area contributed by atoms with Crippen molar-refractivity contribution in [1.82, 2.24) is 5.32 Å². The summed E-state index contributed by atoms with van der Waals surface area (Å²) in [4.78, 5) is 0. The standard InChI is InChI=1S/C14H21NO2/c1-9-5-11(6-10(2)14(9)17)7-15-8-13(16)12-3-4-12/h5-6,12-13,15-17H,3-4,7-8H2,1-2H3. The molecule has 1 fully saturated rings. The minimum atomic E-state index is -0.200. The second-order valence-corrected chi connectivity index (χ2v) is 5.11. The van der Waals surface area contributed by atoms with E-state index in [9.17, 15) is 10.2 Å². The van der Waals surface area contributed by atoms with Gasteiger partial charge in [-0.05, 0) is 49.3 Å². The molecule has 1 aliphatic rings. The van der Waals surface area contributed by atoms with E-state index in [4.69, 9.17) is 0 Å². The van der Waals surface area contributed by atoms with Crippen LogP contribution >= 0.6 is 0 Å². The van der Waals surface area contributed by atoms with Gasteiger partial charge >= 0.3 is 0 Å². The van der Waals surface area contributed by atoms with Crippen molar-refractivity contribution in [2.24, 2.45) is 5.92 Å². The summed E-state index contributed by atoms with van der Waals surface area (Å²) in [6, 6.07) is 3.97. The molecule has 0 radical (unpaired) electrons. The highest BCUT2D eigenvalue weighted by Gasteiger charge is 2.28. The van der Waals surface area contributed by atoms with Gasteiger partial charge in [0.05, 0.1) is 6.10 Å². The molecule has 0 bridgehead atoms. The van der Waals surface area contributed by atoms with Crippen molar-refractivity contribution < 1.29 is 10.2 Å². The van der Waals surface area contributed by atoms with Crippen LogP contribution in [0.15, 0.2) is 12.1 Å². The van der Waals surface area contributed by atoms with E-state index in [-0.39, 0.29) is 6.10 Å². The van der Waals surface area contributed by atoms with Crippen LogP contribution in [0.25, 0.3) is 0 Å². The van der Waals surface area contributed by atoms with Crippen molar-refractivity contribution in [3.63, 3.8) is 0 Å². The van der Waals surface area contributed by atoms with Crippen LogP contribution in [-0.4, -0.2) is 22.9 Å². The number of aromatic hydroxyl groups is 1. The lowest BCUT2D eigenvalue weighted by Crippen LogP contribution is -2.27. The van der Waals surface area contributed by atoms with E-state index in [0.29, 0.717) is 18.2 Å². The second kappa shape index (κ2) is 5.07. The summed E-state index contributed by atoms with van der Waals surface area (Å²) in [5.41, 5.74) is 2.97. The molecule has 1 aromatic carbocycles. The number of aliphatic hydroxyl groups excluding tert-OH is 1. The molecule has 3 nitrogen and oxygen atoms in total. The first-order valence-corrected chi connectivity index (χ1v) is 6.26. The Balaban J connectivity index is 1.86. The van der Waals surface area contributed by atoms with Crippen LogP contribution in [0.1, 0.15) is 29.5 Å². The third kappa shape index (κ3) is 3.20. The Bertz CT molecular complexity index is 376. The number of nitrogens with one attached hydrogen (secondary N) is 1. The van der Waals surface area contributed by atoms with Gasteiger partial charge in [-0.25, -0.2) is 0 Å². The van der Waals surface area contributed by atoms with E-state index in [2.05, 4.69) is 5.32 Å².